The van der Waals surface area contributed by atoms with E-state index in [1.807, 2.05) is 43.5 Å². The van der Waals surface area contributed by atoms with Crippen LogP contribution in [0.1, 0.15) is 100 Å². The number of aliphatic hydroxyl groups is 1. The topological polar surface area (TPSA) is 161 Å². The number of rotatable bonds is 14. The molecule has 5 unspecified atom stereocenters. The van der Waals surface area contributed by atoms with Gasteiger partial charge in [0.1, 0.15) is 11.6 Å². The Hall–Kier alpha value is -5.17. The molecular weight excluding hydrogens is 729 g/mol. The van der Waals surface area contributed by atoms with Crippen molar-refractivity contribution >= 4 is 11.8 Å². The van der Waals surface area contributed by atoms with Crippen LogP contribution in [0.25, 0.3) is 33.6 Å². The van der Waals surface area contributed by atoms with Crippen LogP contribution in [0.5, 0.6) is 0 Å². The highest BCUT2D eigenvalue weighted by molar-refractivity contribution is 5.83. The van der Waals surface area contributed by atoms with Gasteiger partial charge in [-0.2, -0.15) is 0 Å². The van der Waals surface area contributed by atoms with Crippen molar-refractivity contribution in [3.05, 3.63) is 102 Å². The SMILES string of the molecule is COC(O)N[C@H](C(=O)N1CCC[C@H]1c1ncc(-c2ccc(-c3ccc(-c4cnc(C5C6CCC(C6)C5C(=O)NCc5cncc(C(C)C)c5)[nH]4)cc3)cc2)[nH]1)C(C)C. The first-order valence-corrected chi connectivity index (χ1v) is 20.9. The van der Waals surface area contributed by atoms with Crippen molar-refractivity contribution in [2.75, 3.05) is 13.7 Å². The number of nitrogens with one attached hydrogen (secondary N) is 4. The standard InChI is InChI=1S/C46H56N8O4/c1-26(2)35-19-28(21-47-23-35)22-50-44(55)40-34-17-16-33(20-34)39(40)43-49-25-37(52-43)32-14-10-30(11-15-32)29-8-12-31(13-9-29)36-24-48-42(51-36)38-7-6-18-54(38)45(56)41(27(3)4)53-46(57)58-5/h8-15,19,21,23-27,33-34,38-41,46,53,57H,6-7,16-18,20,22H2,1-5H3,(H,48,51)(H,49,52)(H,50,55)/t33?,34?,38-,39?,40?,41-,46?/m0/s1. The lowest BCUT2D eigenvalue weighted by Gasteiger charge is -2.31. The molecule has 8 rings (SSSR count). The minimum absolute atomic E-state index is 0.0347. The average molecular weight is 785 g/mol. The summed E-state index contributed by atoms with van der Waals surface area (Å²) in [5.41, 5.74) is 8.32. The van der Waals surface area contributed by atoms with Gasteiger partial charge in [0, 0.05) is 38.5 Å². The Morgan fingerprint density at radius 1 is 0.845 bits per heavy atom. The fourth-order valence-electron chi connectivity index (χ4n) is 9.54. The highest BCUT2D eigenvalue weighted by atomic mass is 16.6. The Bertz CT molecular complexity index is 2200. The normalized spacial score (nSPS) is 22.6. The Balaban J connectivity index is 0.910. The summed E-state index contributed by atoms with van der Waals surface area (Å²) in [6.07, 6.45) is 11.3. The summed E-state index contributed by atoms with van der Waals surface area (Å²) in [5, 5.41) is 16.2. The van der Waals surface area contributed by atoms with E-state index >= 15 is 0 Å². The van der Waals surface area contributed by atoms with Gasteiger partial charge < -0.3 is 30.0 Å². The number of methoxy groups -OCH3 is 1. The number of aromatic amines is 2. The molecule has 5 aromatic rings. The molecule has 3 aliphatic rings. The highest BCUT2D eigenvalue weighted by Gasteiger charge is 2.52. The van der Waals surface area contributed by atoms with Gasteiger partial charge in [-0.1, -0.05) is 82.3 Å². The van der Waals surface area contributed by atoms with Crippen LogP contribution in [0.3, 0.4) is 0 Å². The van der Waals surface area contributed by atoms with E-state index in [0.29, 0.717) is 30.8 Å². The number of pyridine rings is 1. The maximum Gasteiger partial charge on any atom is 0.240 e. The summed E-state index contributed by atoms with van der Waals surface area (Å²) in [6, 6.07) is 18.3. The number of aliphatic hydroxyl groups excluding tert-OH is 1. The third-order valence-electron chi connectivity index (χ3n) is 12.7. The number of nitrogens with zero attached hydrogens (tertiary/aromatic N) is 4. The molecule has 4 heterocycles. The number of imidazole rings is 2. The van der Waals surface area contributed by atoms with Crippen LogP contribution in [-0.2, 0) is 20.9 Å². The second-order valence-electron chi connectivity index (χ2n) is 17.1. The number of aromatic nitrogens is 5. The summed E-state index contributed by atoms with van der Waals surface area (Å²) in [6.45, 7) is 9.33. The lowest BCUT2D eigenvalue weighted by Crippen LogP contribution is -2.52. The molecule has 0 spiro atoms. The first kappa shape index (κ1) is 39.6. The summed E-state index contributed by atoms with van der Waals surface area (Å²) in [4.78, 5) is 50.3. The maximum atomic E-state index is 13.7. The molecule has 12 heteroatoms. The lowest BCUT2D eigenvalue weighted by atomic mass is 9.78. The van der Waals surface area contributed by atoms with Crippen molar-refractivity contribution in [3.63, 3.8) is 0 Å². The Kier molecular flexibility index (Phi) is 11.6. The van der Waals surface area contributed by atoms with Gasteiger partial charge in [-0.25, -0.2) is 9.97 Å². The second-order valence-corrected chi connectivity index (χ2v) is 17.1. The smallest absolute Gasteiger partial charge is 0.240 e. The summed E-state index contributed by atoms with van der Waals surface area (Å²) < 4.78 is 4.96. The number of amides is 2. The number of hydrogen-bond donors (Lipinski definition) is 5. The first-order valence-electron chi connectivity index (χ1n) is 20.9. The summed E-state index contributed by atoms with van der Waals surface area (Å²) >= 11 is 0. The Morgan fingerprint density at radius 2 is 1.47 bits per heavy atom. The van der Waals surface area contributed by atoms with E-state index in [9.17, 15) is 14.7 Å². The zero-order chi connectivity index (χ0) is 40.5. The van der Waals surface area contributed by atoms with Crippen LogP contribution in [0.4, 0.5) is 0 Å². The number of likely N-dealkylation sites (tertiary alicyclic amines) is 1. The average Bonchev–Trinajstić information content (AvgIpc) is 4.10. The third-order valence-corrected chi connectivity index (χ3v) is 12.7. The lowest BCUT2D eigenvalue weighted by molar-refractivity contribution is -0.145. The third kappa shape index (κ3) is 8.10. The van der Waals surface area contributed by atoms with E-state index in [-0.39, 0.29) is 35.6 Å². The zero-order valence-corrected chi connectivity index (χ0v) is 34.1. The Morgan fingerprint density at radius 3 is 2.10 bits per heavy atom. The van der Waals surface area contributed by atoms with E-state index in [1.54, 1.807) is 0 Å². The number of carbonyl (C=O) groups excluding carboxylic acids is 2. The number of hydrogen-bond acceptors (Lipinski definition) is 8. The molecule has 5 N–H and O–H groups in total. The van der Waals surface area contributed by atoms with Crippen molar-refractivity contribution in [1.29, 1.82) is 0 Å². The molecule has 1 aliphatic heterocycles. The number of fused-ring (bicyclic) bond motifs is 2. The molecular formula is C46H56N8O4. The zero-order valence-electron chi connectivity index (χ0n) is 34.1. The fourth-order valence-corrected chi connectivity index (χ4v) is 9.54. The van der Waals surface area contributed by atoms with Crippen LogP contribution in [0.15, 0.2) is 79.4 Å². The van der Waals surface area contributed by atoms with E-state index in [4.69, 9.17) is 14.7 Å². The van der Waals surface area contributed by atoms with Crippen molar-refractivity contribution in [2.24, 2.45) is 23.7 Å². The minimum Gasteiger partial charge on any atom is -0.356 e. The van der Waals surface area contributed by atoms with Gasteiger partial charge in [0.15, 0.2) is 0 Å². The van der Waals surface area contributed by atoms with Crippen molar-refractivity contribution in [1.82, 2.24) is 40.5 Å². The van der Waals surface area contributed by atoms with Gasteiger partial charge in [-0.3, -0.25) is 19.9 Å². The number of carbonyl (C=O) groups is 2. The molecule has 2 amide bonds. The minimum atomic E-state index is -1.21. The molecule has 7 atom stereocenters. The molecule has 304 valence electrons. The number of ether oxygens (including phenoxy) is 1. The van der Waals surface area contributed by atoms with Gasteiger partial charge in [-0.05, 0) is 89.2 Å². The molecule has 58 heavy (non-hydrogen) atoms. The summed E-state index contributed by atoms with van der Waals surface area (Å²) in [5.74, 6) is 2.95. The van der Waals surface area contributed by atoms with Crippen LogP contribution in [0.2, 0.25) is 0 Å². The van der Waals surface area contributed by atoms with E-state index < -0.39 is 12.5 Å². The molecule has 0 radical (unpaired) electrons. The van der Waals surface area contributed by atoms with Crippen LogP contribution in [-0.4, -0.2) is 72.9 Å². The molecule has 3 aromatic heterocycles. The molecule has 2 aliphatic carbocycles. The Labute approximate surface area is 340 Å². The van der Waals surface area contributed by atoms with E-state index in [1.165, 1.54) is 12.7 Å². The van der Waals surface area contributed by atoms with Crippen LogP contribution < -0.4 is 10.6 Å². The van der Waals surface area contributed by atoms with Crippen LogP contribution in [0, 0.1) is 23.7 Å². The van der Waals surface area contributed by atoms with Gasteiger partial charge in [0.25, 0.3) is 0 Å². The number of H-pyrrole nitrogens is 2. The monoisotopic (exact) mass is 784 g/mol. The maximum absolute atomic E-state index is 13.7. The van der Waals surface area contributed by atoms with Gasteiger partial charge in [0.05, 0.1) is 41.8 Å². The molecule has 2 saturated carbocycles. The van der Waals surface area contributed by atoms with E-state index in [2.05, 4.69) is 94.0 Å². The van der Waals surface area contributed by atoms with Crippen molar-refractivity contribution < 1.29 is 19.4 Å². The molecule has 1 saturated heterocycles. The van der Waals surface area contributed by atoms with E-state index in [0.717, 1.165) is 83.0 Å². The molecule has 12 nitrogen and oxygen atoms in total. The van der Waals surface area contributed by atoms with Crippen molar-refractivity contribution in [2.45, 2.75) is 96.7 Å². The predicted molar refractivity (Wildman–Crippen MR) is 223 cm³/mol. The van der Waals surface area contributed by atoms with Gasteiger partial charge in [-0.15, -0.1) is 0 Å². The van der Waals surface area contributed by atoms with Gasteiger partial charge >= 0.3 is 0 Å². The molecule has 3 fully saturated rings. The highest BCUT2D eigenvalue weighted by Crippen LogP contribution is 2.56. The van der Waals surface area contributed by atoms with Crippen molar-refractivity contribution in [3.8, 4) is 33.6 Å². The molecule has 2 aromatic carbocycles. The first-order chi connectivity index (χ1) is 28.1. The second kappa shape index (κ2) is 17.0. The largest absolute Gasteiger partial charge is 0.356 e. The quantitative estimate of drug-likeness (QED) is 0.0734. The number of benzene rings is 2. The van der Waals surface area contributed by atoms with Gasteiger partial charge in [0.2, 0.25) is 18.2 Å². The molecule has 2 bridgehead atoms. The fraction of sp³-hybridized carbons (Fsp3) is 0.457. The van der Waals surface area contributed by atoms with Crippen LogP contribution >= 0.6 is 0 Å². The predicted octanol–water partition coefficient (Wildman–Crippen LogP) is 7.30. The summed E-state index contributed by atoms with van der Waals surface area (Å²) in [7, 11) is 1.40.